The maximum absolute atomic E-state index is 4.43. The smallest absolute Gasteiger partial charge is 0.0576 e. The third kappa shape index (κ3) is 3.40. The van der Waals surface area contributed by atoms with Crippen molar-refractivity contribution in [3.05, 3.63) is 66.0 Å². The van der Waals surface area contributed by atoms with E-state index >= 15 is 0 Å². The highest BCUT2D eigenvalue weighted by atomic mass is 14.9. The lowest BCUT2D eigenvalue weighted by Crippen LogP contribution is -2.23. The first-order valence-electron chi connectivity index (χ1n) is 6.08. The summed E-state index contributed by atoms with van der Waals surface area (Å²) < 4.78 is 0. The maximum atomic E-state index is 4.43. The first-order valence-corrected chi connectivity index (χ1v) is 6.08. The zero-order valence-electron chi connectivity index (χ0n) is 10.1. The molecule has 2 heteroatoms. The van der Waals surface area contributed by atoms with Crippen LogP contribution in [0, 0.1) is 0 Å². The van der Waals surface area contributed by atoms with Crippen molar-refractivity contribution in [3.63, 3.8) is 0 Å². The molecule has 1 atom stereocenters. The second-order valence-corrected chi connectivity index (χ2v) is 4.05. The molecule has 17 heavy (non-hydrogen) atoms. The zero-order valence-corrected chi connectivity index (χ0v) is 10.1. The molecule has 0 radical (unpaired) electrons. The number of rotatable bonds is 5. The average Bonchev–Trinajstić information content (AvgIpc) is 2.40. The van der Waals surface area contributed by atoms with Crippen molar-refractivity contribution in [1.82, 2.24) is 10.3 Å². The Kier molecular flexibility index (Phi) is 4.28. The fourth-order valence-corrected chi connectivity index (χ4v) is 1.96. The quantitative estimate of drug-likeness (QED) is 0.847. The van der Waals surface area contributed by atoms with Crippen molar-refractivity contribution in [2.24, 2.45) is 0 Å². The van der Waals surface area contributed by atoms with Crippen LogP contribution in [0.2, 0.25) is 0 Å². The van der Waals surface area contributed by atoms with E-state index in [2.05, 4.69) is 47.6 Å². The van der Waals surface area contributed by atoms with Crippen LogP contribution in [-0.2, 0) is 6.42 Å². The monoisotopic (exact) mass is 226 g/mol. The fourth-order valence-electron chi connectivity index (χ4n) is 1.96. The highest BCUT2D eigenvalue weighted by Crippen LogP contribution is 2.15. The molecule has 2 aromatic rings. The lowest BCUT2D eigenvalue weighted by Gasteiger charge is -2.17. The molecule has 0 saturated heterocycles. The van der Waals surface area contributed by atoms with Crippen LogP contribution in [0.15, 0.2) is 54.7 Å². The number of nitrogens with one attached hydrogen (secondary N) is 1. The molecule has 1 heterocycles. The lowest BCUT2D eigenvalue weighted by atomic mass is 10.0. The summed E-state index contributed by atoms with van der Waals surface area (Å²) in [7, 11) is 0. The molecular formula is C15H18N2. The largest absolute Gasteiger partial charge is 0.309 e. The van der Waals surface area contributed by atoms with E-state index in [9.17, 15) is 0 Å². The second-order valence-electron chi connectivity index (χ2n) is 4.05. The van der Waals surface area contributed by atoms with Gasteiger partial charge in [0, 0.05) is 6.20 Å². The van der Waals surface area contributed by atoms with Crippen LogP contribution in [0.5, 0.6) is 0 Å². The van der Waals surface area contributed by atoms with Gasteiger partial charge < -0.3 is 5.32 Å². The number of hydrogen-bond acceptors (Lipinski definition) is 2. The number of likely N-dealkylation sites (N-methyl/N-ethyl adjacent to an activating group) is 1. The number of aromatic nitrogens is 1. The summed E-state index contributed by atoms with van der Waals surface area (Å²) in [6, 6.07) is 16.9. The minimum atomic E-state index is 0.295. The number of nitrogens with zero attached hydrogens (tertiary/aromatic N) is 1. The number of hydrogen-bond donors (Lipinski definition) is 1. The molecule has 1 aromatic carbocycles. The SMILES string of the molecule is CCNC(Cc1ccccc1)c1ccccn1. The van der Waals surface area contributed by atoms with Crippen LogP contribution in [0.25, 0.3) is 0 Å². The molecule has 0 fully saturated rings. The maximum Gasteiger partial charge on any atom is 0.0576 e. The van der Waals surface area contributed by atoms with Gasteiger partial charge in [-0.1, -0.05) is 43.3 Å². The number of benzene rings is 1. The molecule has 1 aromatic heterocycles. The van der Waals surface area contributed by atoms with Gasteiger partial charge in [-0.05, 0) is 30.7 Å². The third-order valence-corrected chi connectivity index (χ3v) is 2.78. The Balaban J connectivity index is 2.13. The molecule has 88 valence electrons. The van der Waals surface area contributed by atoms with Gasteiger partial charge in [-0.2, -0.15) is 0 Å². The summed E-state index contributed by atoms with van der Waals surface area (Å²) >= 11 is 0. The topological polar surface area (TPSA) is 24.9 Å². The average molecular weight is 226 g/mol. The van der Waals surface area contributed by atoms with E-state index in [-0.39, 0.29) is 0 Å². The van der Waals surface area contributed by atoms with E-state index in [1.54, 1.807) is 0 Å². The van der Waals surface area contributed by atoms with Crippen molar-refractivity contribution in [2.75, 3.05) is 6.54 Å². The van der Waals surface area contributed by atoms with E-state index < -0.39 is 0 Å². The lowest BCUT2D eigenvalue weighted by molar-refractivity contribution is 0.537. The molecule has 0 saturated carbocycles. The molecular weight excluding hydrogens is 208 g/mol. The highest BCUT2D eigenvalue weighted by molar-refractivity contribution is 5.19. The fraction of sp³-hybridized carbons (Fsp3) is 0.267. The predicted molar refractivity (Wildman–Crippen MR) is 70.8 cm³/mol. The Morgan fingerprint density at radius 2 is 1.82 bits per heavy atom. The van der Waals surface area contributed by atoms with E-state index in [0.29, 0.717) is 6.04 Å². The van der Waals surface area contributed by atoms with Crippen LogP contribution in [0.4, 0.5) is 0 Å². The van der Waals surface area contributed by atoms with Crippen molar-refractivity contribution < 1.29 is 0 Å². The first-order chi connectivity index (χ1) is 8.40. The standard InChI is InChI=1S/C15H18N2/c1-2-16-15(14-10-6-7-11-17-14)12-13-8-4-3-5-9-13/h3-11,15-16H,2,12H2,1H3. The Labute approximate surface area is 103 Å². The normalized spacial score (nSPS) is 12.3. The summed E-state index contributed by atoms with van der Waals surface area (Å²) in [6.07, 6.45) is 2.83. The Hall–Kier alpha value is -1.67. The molecule has 0 aliphatic rings. The van der Waals surface area contributed by atoms with Crippen molar-refractivity contribution in [2.45, 2.75) is 19.4 Å². The minimum Gasteiger partial charge on any atom is -0.309 e. The van der Waals surface area contributed by atoms with Gasteiger partial charge in [-0.15, -0.1) is 0 Å². The van der Waals surface area contributed by atoms with Crippen LogP contribution >= 0.6 is 0 Å². The third-order valence-electron chi connectivity index (χ3n) is 2.78. The van der Waals surface area contributed by atoms with Gasteiger partial charge in [0.05, 0.1) is 11.7 Å². The van der Waals surface area contributed by atoms with Gasteiger partial charge in [0.15, 0.2) is 0 Å². The summed E-state index contributed by atoms with van der Waals surface area (Å²) in [5.41, 5.74) is 2.45. The molecule has 2 rings (SSSR count). The van der Waals surface area contributed by atoms with Gasteiger partial charge >= 0.3 is 0 Å². The predicted octanol–water partition coefficient (Wildman–Crippen LogP) is 2.97. The summed E-state index contributed by atoms with van der Waals surface area (Å²) in [4.78, 5) is 4.43. The molecule has 1 unspecified atom stereocenters. The molecule has 0 aliphatic carbocycles. The number of pyridine rings is 1. The summed E-state index contributed by atoms with van der Waals surface area (Å²) in [5.74, 6) is 0. The second kappa shape index (κ2) is 6.16. The van der Waals surface area contributed by atoms with Crippen LogP contribution in [0.1, 0.15) is 24.2 Å². The van der Waals surface area contributed by atoms with E-state index in [4.69, 9.17) is 0 Å². The van der Waals surface area contributed by atoms with Gasteiger partial charge in [0.2, 0.25) is 0 Å². The van der Waals surface area contributed by atoms with Crippen LogP contribution < -0.4 is 5.32 Å². The van der Waals surface area contributed by atoms with Crippen molar-refractivity contribution in [3.8, 4) is 0 Å². The van der Waals surface area contributed by atoms with Crippen LogP contribution in [-0.4, -0.2) is 11.5 Å². The van der Waals surface area contributed by atoms with Crippen molar-refractivity contribution in [1.29, 1.82) is 0 Å². The van der Waals surface area contributed by atoms with E-state index in [1.165, 1.54) is 5.56 Å². The molecule has 0 aliphatic heterocycles. The molecule has 0 spiro atoms. The van der Waals surface area contributed by atoms with Gasteiger partial charge in [-0.3, -0.25) is 4.98 Å². The van der Waals surface area contributed by atoms with E-state index in [0.717, 1.165) is 18.7 Å². The Morgan fingerprint density at radius 1 is 1.06 bits per heavy atom. The molecule has 0 amide bonds. The molecule has 0 bridgehead atoms. The summed E-state index contributed by atoms with van der Waals surface area (Å²) in [5, 5.41) is 3.48. The minimum absolute atomic E-state index is 0.295. The van der Waals surface area contributed by atoms with E-state index in [1.807, 2.05) is 24.4 Å². The Morgan fingerprint density at radius 3 is 2.47 bits per heavy atom. The van der Waals surface area contributed by atoms with Crippen molar-refractivity contribution >= 4 is 0 Å². The Bertz CT molecular complexity index is 425. The van der Waals surface area contributed by atoms with Gasteiger partial charge in [0.1, 0.15) is 0 Å². The van der Waals surface area contributed by atoms with Gasteiger partial charge in [-0.25, -0.2) is 0 Å². The van der Waals surface area contributed by atoms with Gasteiger partial charge in [0.25, 0.3) is 0 Å². The zero-order chi connectivity index (χ0) is 11.9. The molecule has 2 nitrogen and oxygen atoms in total. The summed E-state index contributed by atoms with van der Waals surface area (Å²) in [6.45, 7) is 3.08. The first kappa shape index (κ1) is 11.8. The molecule has 1 N–H and O–H groups in total. The van der Waals surface area contributed by atoms with Crippen LogP contribution in [0.3, 0.4) is 0 Å². The highest BCUT2D eigenvalue weighted by Gasteiger charge is 2.11.